The Hall–Kier alpha value is -3.59. The average molecular weight is 484 g/mol. The molecular weight excluding hydrogens is 463 g/mol. The van der Waals surface area contributed by atoms with Crippen LogP contribution < -0.4 is 10.9 Å². The number of amides is 1. The first kappa shape index (κ1) is 23.6. The van der Waals surface area contributed by atoms with Gasteiger partial charge in [0, 0.05) is 0 Å². The van der Waals surface area contributed by atoms with E-state index in [0.29, 0.717) is 16.6 Å². The molecule has 0 unspecified atom stereocenters. The zero-order valence-electron chi connectivity index (χ0n) is 18.5. The van der Waals surface area contributed by atoms with Gasteiger partial charge >= 0.3 is 0 Å². The van der Waals surface area contributed by atoms with Gasteiger partial charge in [0.25, 0.3) is 5.56 Å². The fourth-order valence-corrected chi connectivity index (χ4v) is 4.37. The van der Waals surface area contributed by atoms with E-state index < -0.39 is 34.3 Å². The number of hydrogen-bond acceptors (Lipinski definition) is 4. The number of aromatic nitrogens is 2. The maximum Gasteiger partial charge on any atom is 0.266 e. The van der Waals surface area contributed by atoms with Crippen LogP contribution in [0.3, 0.4) is 0 Å². The lowest BCUT2D eigenvalue weighted by molar-refractivity contribution is -0.115. The number of thioether (sulfide) groups is 1. The second-order valence-electron chi connectivity index (χ2n) is 7.74. The molecule has 0 bridgehead atoms. The van der Waals surface area contributed by atoms with Crippen molar-refractivity contribution in [3.63, 3.8) is 0 Å². The van der Waals surface area contributed by atoms with Crippen molar-refractivity contribution in [1.82, 2.24) is 9.55 Å². The van der Waals surface area contributed by atoms with Crippen LogP contribution in [0.2, 0.25) is 0 Å². The molecular formula is C25H20F3N3O2S. The normalized spacial score (nSPS) is 12.1. The first-order valence-electron chi connectivity index (χ1n) is 10.4. The van der Waals surface area contributed by atoms with Crippen molar-refractivity contribution in [3.8, 4) is 5.69 Å². The molecule has 0 aliphatic carbocycles. The minimum Gasteiger partial charge on any atom is -0.323 e. The van der Waals surface area contributed by atoms with E-state index in [0.717, 1.165) is 35.0 Å². The number of anilines is 1. The smallest absolute Gasteiger partial charge is 0.266 e. The molecule has 3 aromatic carbocycles. The van der Waals surface area contributed by atoms with Crippen molar-refractivity contribution >= 4 is 34.3 Å². The average Bonchev–Trinajstić information content (AvgIpc) is 2.82. The molecule has 0 fully saturated rings. The fourth-order valence-electron chi connectivity index (χ4n) is 3.45. The summed E-state index contributed by atoms with van der Waals surface area (Å²) < 4.78 is 42.2. The molecule has 0 spiro atoms. The van der Waals surface area contributed by atoms with Gasteiger partial charge in [-0.3, -0.25) is 14.2 Å². The molecule has 0 saturated carbocycles. The van der Waals surface area contributed by atoms with Crippen molar-refractivity contribution in [2.45, 2.75) is 31.2 Å². The van der Waals surface area contributed by atoms with E-state index >= 15 is 0 Å². The highest BCUT2D eigenvalue weighted by molar-refractivity contribution is 8.00. The number of carbonyl (C=O) groups is 1. The lowest BCUT2D eigenvalue weighted by Gasteiger charge is -2.18. The van der Waals surface area contributed by atoms with E-state index in [-0.39, 0.29) is 10.7 Å². The molecule has 0 radical (unpaired) electrons. The van der Waals surface area contributed by atoms with Gasteiger partial charge in [-0.15, -0.1) is 0 Å². The molecule has 0 aliphatic heterocycles. The zero-order valence-corrected chi connectivity index (χ0v) is 19.3. The summed E-state index contributed by atoms with van der Waals surface area (Å²) in [6, 6.07) is 14.1. The summed E-state index contributed by atoms with van der Waals surface area (Å²) in [7, 11) is 0. The van der Waals surface area contributed by atoms with Gasteiger partial charge in [-0.25, -0.2) is 18.2 Å². The Morgan fingerprint density at radius 2 is 1.74 bits per heavy atom. The molecule has 4 aromatic rings. The van der Waals surface area contributed by atoms with Crippen molar-refractivity contribution in [1.29, 1.82) is 0 Å². The van der Waals surface area contributed by atoms with Gasteiger partial charge in [0.1, 0.15) is 0 Å². The first-order valence-corrected chi connectivity index (χ1v) is 11.3. The number of nitrogens with zero attached hydrogens (tertiary/aromatic N) is 2. The number of para-hydroxylation sites is 1. The highest BCUT2D eigenvalue weighted by atomic mass is 32.2. The molecule has 0 saturated heterocycles. The molecule has 34 heavy (non-hydrogen) atoms. The summed E-state index contributed by atoms with van der Waals surface area (Å²) in [5, 5.41) is 2.12. The molecule has 174 valence electrons. The minimum atomic E-state index is -1.67. The summed E-state index contributed by atoms with van der Waals surface area (Å²) in [6.07, 6.45) is 0. The zero-order chi connectivity index (χ0) is 24.6. The quantitative estimate of drug-likeness (QED) is 0.230. The Morgan fingerprint density at radius 3 is 2.50 bits per heavy atom. The molecule has 1 aromatic heterocycles. The van der Waals surface area contributed by atoms with Crippen LogP contribution in [-0.4, -0.2) is 20.7 Å². The van der Waals surface area contributed by atoms with E-state index in [2.05, 4.69) is 10.3 Å². The van der Waals surface area contributed by atoms with Gasteiger partial charge in [0.2, 0.25) is 5.91 Å². The van der Waals surface area contributed by atoms with Crippen molar-refractivity contribution < 1.29 is 18.0 Å². The molecule has 1 heterocycles. The Bertz CT molecular complexity index is 1490. The predicted octanol–water partition coefficient (Wildman–Crippen LogP) is 5.54. The Labute approximate surface area is 197 Å². The number of rotatable bonds is 5. The van der Waals surface area contributed by atoms with E-state index in [4.69, 9.17) is 0 Å². The third kappa shape index (κ3) is 4.31. The largest absolute Gasteiger partial charge is 0.323 e. The first-order chi connectivity index (χ1) is 16.2. The fraction of sp³-hybridized carbons (Fsp3) is 0.160. The summed E-state index contributed by atoms with van der Waals surface area (Å²) >= 11 is 0.999. The maximum atomic E-state index is 14.0. The molecule has 9 heteroatoms. The number of hydrogen-bond donors (Lipinski definition) is 1. The Morgan fingerprint density at radius 1 is 1.00 bits per heavy atom. The minimum absolute atomic E-state index is 0.269. The SMILES string of the molecule is Cc1cccc(-n2c(S[C@H](C)C(=O)Nc3ccc(F)c(F)c3F)nc3ccccc3c2=O)c1C. The monoisotopic (exact) mass is 483 g/mol. The van der Waals surface area contributed by atoms with Gasteiger partial charge in [0.05, 0.1) is 27.5 Å². The topological polar surface area (TPSA) is 64.0 Å². The van der Waals surface area contributed by atoms with Crippen LogP contribution >= 0.6 is 11.8 Å². The molecule has 1 atom stereocenters. The van der Waals surface area contributed by atoms with Gasteiger partial charge < -0.3 is 5.32 Å². The van der Waals surface area contributed by atoms with Crippen LogP contribution in [-0.2, 0) is 4.79 Å². The van der Waals surface area contributed by atoms with Crippen LogP contribution in [0.25, 0.3) is 16.6 Å². The summed E-state index contributed by atoms with van der Waals surface area (Å²) in [4.78, 5) is 30.8. The van der Waals surface area contributed by atoms with E-state index in [1.54, 1.807) is 37.3 Å². The second kappa shape index (κ2) is 9.34. The van der Waals surface area contributed by atoms with E-state index in [9.17, 15) is 22.8 Å². The number of aryl methyl sites for hydroxylation is 1. The number of carbonyl (C=O) groups excluding carboxylic acids is 1. The van der Waals surface area contributed by atoms with E-state index in [1.807, 2.05) is 26.0 Å². The van der Waals surface area contributed by atoms with Gasteiger partial charge in [-0.1, -0.05) is 36.0 Å². The van der Waals surface area contributed by atoms with Gasteiger partial charge in [-0.05, 0) is 62.2 Å². The predicted molar refractivity (Wildman–Crippen MR) is 127 cm³/mol. The van der Waals surface area contributed by atoms with Crippen molar-refractivity contribution in [2.24, 2.45) is 0 Å². The summed E-state index contributed by atoms with van der Waals surface area (Å²) in [6.45, 7) is 5.37. The number of benzene rings is 3. The molecule has 1 amide bonds. The molecule has 4 rings (SSSR count). The highest BCUT2D eigenvalue weighted by Gasteiger charge is 2.23. The van der Waals surface area contributed by atoms with Crippen LogP contribution in [0.1, 0.15) is 18.1 Å². The Balaban J connectivity index is 1.75. The third-order valence-corrected chi connectivity index (χ3v) is 6.56. The van der Waals surface area contributed by atoms with Crippen LogP contribution in [0.5, 0.6) is 0 Å². The maximum absolute atomic E-state index is 14.0. The summed E-state index contributed by atoms with van der Waals surface area (Å²) in [5.41, 5.74) is 2.19. The van der Waals surface area contributed by atoms with Crippen LogP contribution in [0.15, 0.2) is 64.5 Å². The lowest BCUT2D eigenvalue weighted by Crippen LogP contribution is -2.27. The van der Waals surface area contributed by atoms with Gasteiger partial charge in [-0.2, -0.15) is 0 Å². The molecule has 0 aliphatic rings. The Kier molecular flexibility index (Phi) is 6.47. The second-order valence-corrected chi connectivity index (χ2v) is 9.05. The number of nitrogens with one attached hydrogen (secondary N) is 1. The summed E-state index contributed by atoms with van der Waals surface area (Å²) in [5.74, 6) is -5.17. The van der Waals surface area contributed by atoms with Crippen LogP contribution in [0.4, 0.5) is 18.9 Å². The lowest BCUT2D eigenvalue weighted by atomic mass is 10.1. The number of halogens is 3. The highest BCUT2D eigenvalue weighted by Crippen LogP contribution is 2.28. The van der Waals surface area contributed by atoms with Crippen molar-refractivity contribution in [3.05, 3.63) is 93.5 Å². The van der Waals surface area contributed by atoms with E-state index in [1.165, 1.54) is 4.57 Å². The number of fused-ring (bicyclic) bond motifs is 1. The standard InChI is InChI=1S/C25H20F3N3O2S/c1-13-7-6-10-20(14(13)2)31-24(33)16-8-4-5-9-18(16)30-25(31)34-15(3)23(32)29-19-12-11-17(26)21(27)22(19)28/h4-12,15H,1-3H3,(H,29,32)/t15-/m1/s1. The van der Waals surface area contributed by atoms with Gasteiger partial charge in [0.15, 0.2) is 22.6 Å². The molecule has 1 N–H and O–H groups in total. The van der Waals surface area contributed by atoms with Crippen molar-refractivity contribution in [2.75, 3.05) is 5.32 Å². The molecule has 5 nitrogen and oxygen atoms in total. The third-order valence-electron chi connectivity index (χ3n) is 5.51. The van der Waals surface area contributed by atoms with Crippen LogP contribution in [0, 0.1) is 31.3 Å².